The lowest BCUT2D eigenvalue weighted by Gasteiger charge is -2.04. The molecule has 0 amide bonds. The predicted octanol–water partition coefficient (Wildman–Crippen LogP) is 2.51. The van der Waals surface area contributed by atoms with Crippen molar-refractivity contribution in [2.24, 2.45) is 0 Å². The average molecular weight is 226 g/mol. The summed E-state index contributed by atoms with van der Waals surface area (Å²) in [5, 5.41) is 7.53. The summed E-state index contributed by atoms with van der Waals surface area (Å²) in [6, 6.07) is 0.483. The van der Waals surface area contributed by atoms with E-state index in [1.54, 1.807) is 0 Å². The van der Waals surface area contributed by atoms with Crippen LogP contribution in [0.15, 0.2) is 6.07 Å². The first-order valence-electron chi connectivity index (χ1n) is 3.31. The third-order valence-corrected chi connectivity index (χ3v) is 1.74. The van der Waals surface area contributed by atoms with Gasteiger partial charge in [-0.2, -0.15) is 0 Å². The SMILES string of the molecule is O=C(O)c1cc(F)c(Cl)c(C(F)F)n1. The molecule has 0 atom stereocenters. The monoisotopic (exact) mass is 225 g/mol. The molecule has 1 aromatic rings. The second kappa shape index (κ2) is 3.83. The Morgan fingerprint density at radius 1 is 1.57 bits per heavy atom. The van der Waals surface area contributed by atoms with Crippen LogP contribution < -0.4 is 0 Å². The minimum atomic E-state index is -3.11. The lowest BCUT2D eigenvalue weighted by molar-refractivity contribution is 0.0688. The molecule has 7 heteroatoms. The summed E-state index contributed by atoms with van der Waals surface area (Å²) in [6.07, 6.45) is -3.11. The van der Waals surface area contributed by atoms with Gasteiger partial charge < -0.3 is 5.11 Å². The topological polar surface area (TPSA) is 50.2 Å². The minimum absolute atomic E-state index is 0.483. The number of hydrogen-bond donors (Lipinski definition) is 1. The van der Waals surface area contributed by atoms with Crippen molar-refractivity contribution in [2.75, 3.05) is 0 Å². The smallest absolute Gasteiger partial charge is 0.354 e. The van der Waals surface area contributed by atoms with Gasteiger partial charge in [-0.15, -0.1) is 0 Å². The van der Waals surface area contributed by atoms with E-state index in [2.05, 4.69) is 4.98 Å². The zero-order valence-corrected chi connectivity index (χ0v) is 7.23. The Hall–Kier alpha value is -1.30. The van der Waals surface area contributed by atoms with E-state index in [9.17, 15) is 18.0 Å². The first kappa shape index (κ1) is 10.8. The van der Waals surface area contributed by atoms with Crippen molar-refractivity contribution in [3.05, 3.63) is 28.3 Å². The number of pyridine rings is 1. The fourth-order valence-electron chi connectivity index (χ4n) is 0.771. The molecule has 0 fully saturated rings. The van der Waals surface area contributed by atoms with Gasteiger partial charge in [0.1, 0.15) is 16.5 Å². The van der Waals surface area contributed by atoms with Crippen LogP contribution in [0.1, 0.15) is 22.6 Å². The van der Waals surface area contributed by atoms with Gasteiger partial charge in [-0.1, -0.05) is 11.6 Å². The Kier molecular flexibility index (Phi) is 2.95. The zero-order chi connectivity index (χ0) is 10.9. The number of halogens is 4. The van der Waals surface area contributed by atoms with Crippen molar-refractivity contribution in [3.63, 3.8) is 0 Å². The Bertz CT molecular complexity index is 383. The van der Waals surface area contributed by atoms with Gasteiger partial charge in [0.2, 0.25) is 0 Å². The summed E-state index contributed by atoms with van der Waals surface area (Å²) in [5.74, 6) is -2.82. The van der Waals surface area contributed by atoms with Gasteiger partial charge in [0.15, 0.2) is 5.69 Å². The van der Waals surface area contributed by atoms with Crippen molar-refractivity contribution in [2.45, 2.75) is 6.43 Å². The molecule has 0 spiro atoms. The van der Waals surface area contributed by atoms with Crippen LogP contribution >= 0.6 is 11.6 Å². The maximum Gasteiger partial charge on any atom is 0.354 e. The van der Waals surface area contributed by atoms with E-state index >= 15 is 0 Å². The lowest BCUT2D eigenvalue weighted by Crippen LogP contribution is -2.05. The van der Waals surface area contributed by atoms with Crippen LogP contribution in [0.3, 0.4) is 0 Å². The molecule has 76 valence electrons. The molecule has 3 nitrogen and oxygen atoms in total. The second-order valence-electron chi connectivity index (χ2n) is 2.29. The number of aromatic carboxylic acids is 1. The molecule has 0 bridgehead atoms. The molecule has 0 aromatic carbocycles. The molecule has 1 aromatic heterocycles. The maximum absolute atomic E-state index is 12.8. The molecule has 1 rings (SSSR count). The molecule has 1 N–H and O–H groups in total. The molecule has 0 aliphatic heterocycles. The fraction of sp³-hybridized carbons (Fsp3) is 0.143. The highest BCUT2D eigenvalue weighted by atomic mass is 35.5. The zero-order valence-electron chi connectivity index (χ0n) is 6.47. The molecule has 1 heterocycles. The number of rotatable bonds is 2. The predicted molar refractivity (Wildman–Crippen MR) is 41.1 cm³/mol. The molecule has 0 unspecified atom stereocenters. The summed E-state index contributed by atoms with van der Waals surface area (Å²) < 4.78 is 37.1. The van der Waals surface area contributed by atoms with Crippen LogP contribution in [-0.2, 0) is 0 Å². The largest absolute Gasteiger partial charge is 0.477 e. The van der Waals surface area contributed by atoms with Crippen LogP contribution in [0.2, 0.25) is 5.02 Å². The standard InChI is InChI=1S/C7H3ClF3NO2/c8-4-2(9)1-3(7(13)14)12-5(4)6(10)11/h1,6H,(H,13,14). The fourth-order valence-corrected chi connectivity index (χ4v) is 0.950. The van der Waals surface area contributed by atoms with Crippen molar-refractivity contribution in [1.82, 2.24) is 4.98 Å². The van der Waals surface area contributed by atoms with Gasteiger partial charge in [-0.25, -0.2) is 22.9 Å². The van der Waals surface area contributed by atoms with E-state index in [4.69, 9.17) is 16.7 Å². The van der Waals surface area contributed by atoms with Crippen LogP contribution in [-0.4, -0.2) is 16.1 Å². The normalized spacial score (nSPS) is 10.6. The third-order valence-electron chi connectivity index (χ3n) is 1.36. The van der Waals surface area contributed by atoms with Gasteiger partial charge in [0, 0.05) is 6.07 Å². The van der Waals surface area contributed by atoms with E-state index < -0.39 is 34.6 Å². The van der Waals surface area contributed by atoms with Crippen molar-refractivity contribution in [3.8, 4) is 0 Å². The van der Waals surface area contributed by atoms with Crippen molar-refractivity contribution in [1.29, 1.82) is 0 Å². The molecule has 0 radical (unpaired) electrons. The van der Waals surface area contributed by atoms with Crippen LogP contribution in [0.4, 0.5) is 13.2 Å². The van der Waals surface area contributed by atoms with E-state index in [-0.39, 0.29) is 0 Å². The van der Waals surface area contributed by atoms with Crippen molar-refractivity contribution < 1.29 is 23.1 Å². The summed E-state index contributed by atoms with van der Waals surface area (Å²) >= 11 is 5.15. The van der Waals surface area contributed by atoms with Crippen LogP contribution in [0.5, 0.6) is 0 Å². The highest BCUT2D eigenvalue weighted by molar-refractivity contribution is 6.31. The van der Waals surface area contributed by atoms with Crippen LogP contribution in [0, 0.1) is 5.82 Å². The van der Waals surface area contributed by atoms with E-state index in [0.29, 0.717) is 6.07 Å². The number of nitrogens with zero attached hydrogens (tertiary/aromatic N) is 1. The maximum atomic E-state index is 12.8. The lowest BCUT2D eigenvalue weighted by atomic mass is 10.3. The molecule has 14 heavy (non-hydrogen) atoms. The van der Waals surface area contributed by atoms with E-state index in [1.165, 1.54) is 0 Å². The number of aromatic nitrogens is 1. The number of hydrogen-bond acceptors (Lipinski definition) is 2. The minimum Gasteiger partial charge on any atom is -0.477 e. The number of carboxylic acids is 1. The molecule has 0 aliphatic carbocycles. The van der Waals surface area contributed by atoms with Gasteiger partial charge in [-0.05, 0) is 0 Å². The molecular weight excluding hydrogens is 223 g/mol. The first-order chi connectivity index (χ1) is 6.43. The second-order valence-corrected chi connectivity index (χ2v) is 2.67. The molecule has 0 saturated heterocycles. The van der Waals surface area contributed by atoms with Gasteiger partial charge in [-0.3, -0.25) is 0 Å². The third kappa shape index (κ3) is 1.95. The Morgan fingerprint density at radius 3 is 2.57 bits per heavy atom. The quantitative estimate of drug-likeness (QED) is 0.841. The Labute approximate surface area is 81.1 Å². The number of carbonyl (C=O) groups is 1. The molecular formula is C7H3ClF3NO2. The Balaban J connectivity index is 3.35. The highest BCUT2D eigenvalue weighted by Crippen LogP contribution is 2.27. The van der Waals surface area contributed by atoms with E-state index in [0.717, 1.165) is 0 Å². The van der Waals surface area contributed by atoms with Gasteiger partial charge in [0.25, 0.3) is 6.43 Å². The van der Waals surface area contributed by atoms with E-state index in [1.807, 2.05) is 0 Å². The molecule has 0 saturated carbocycles. The summed E-state index contributed by atoms with van der Waals surface area (Å²) in [4.78, 5) is 13.3. The number of carboxylic acid groups (broad SMARTS) is 1. The number of alkyl halides is 2. The summed E-state index contributed by atoms with van der Waals surface area (Å²) in [6.45, 7) is 0. The first-order valence-corrected chi connectivity index (χ1v) is 3.68. The summed E-state index contributed by atoms with van der Waals surface area (Å²) in [7, 11) is 0. The van der Waals surface area contributed by atoms with Crippen LogP contribution in [0.25, 0.3) is 0 Å². The Morgan fingerprint density at radius 2 is 2.14 bits per heavy atom. The van der Waals surface area contributed by atoms with Crippen molar-refractivity contribution >= 4 is 17.6 Å². The van der Waals surface area contributed by atoms with Gasteiger partial charge >= 0.3 is 5.97 Å². The molecule has 0 aliphatic rings. The average Bonchev–Trinajstić information content (AvgIpc) is 2.08. The van der Waals surface area contributed by atoms with Gasteiger partial charge in [0.05, 0.1) is 0 Å². The summed E-state index contributed by atoms with van der Waals surface area (Å²) in [5.41, 5.74) is -1.87. The highest BCUT2D eigenvalue weighted by Gasteiger charge is 2.20.